The second kappa shape index (κ2) is 4.80. The van der Waals surface area contributed by atoms with E-state index < -0.39 is 0 Å². The monoisotopic (exact) mass is 208 g/mol. The van der Waals surface area contributed by atoms with Crippen molar-refractivity contribution in [1.82, 2.24) is 0 Å². The molecule has 0 fully saturated rings. The van der Waals surface area contributed by atoms with Crippen molar-refractivity contribution in [3.05, 3.63) is 84.1 Å². The molecule has 0 spiro atoms. The Kier molecular flexibility index (Phi) is 3.21. The van der Waals surface area contributed by atoms with Gasteiger partial charge in [0.25, 0.3) is 0 Å². The molecule has 0 saturated carbocycles. The van der Waals surface area contributed by atoms with Gasteiger partial charge >= 0.3 is 0 Å². The summed E-state index contributed by atoms with van der Waals surface area (Å²) in [5, 5.41) is 0. The highest BCUT2D eigenvalue weighted by atomic mass is 14.3. The zero-order valence-electron chi connectivity index (χ0n) is 9.45. The van der Waals surface area contributed by atoms with Crippen LogP contribution in [0.2, 0.25) is 0 Å². The molecule has 0 aromatic carbocycles. The van der Waals surface area contributed by atoms with Crippen molar-refractivity contribution >= 4 is 0 Å². The molecule has 80 valence electrons. The van der Waals surface area contributed by atoms with Crippen LogP contribution in [0.25, 0.3) is 0 Å². The Morgan fingerprint density at radius 3 is 1.62 bits per heavy atom. The van der Waals surface area contributed by atoms with Crippen molar-refractivity contribution in [3.63, 3.8) is 0 Å². The first-order chi connectivity index (χ1) is 7.88. The van der Waals surface area contributed by atoms with Gasteiger partial charge in [-0.1, -0.05) is 61.8 Å². The minimum absolute atomic E-state index is 1.12. The predicted molar refractivity (Wildman–Crippen MR) is 71.1 cm³/mol. The van der Waals surface area contributed by atoms with E-state index >= 15 is 0 Å². The van der Waals surface area contributed by atoms with Gasteiger partial charge in [0.15, 0.2) is 0 Å². The van der Waals surface area contributed by atoms with Crippen LogP contribution in [-0.2, 0) is 0 Å². The van der Waals surface area contributed by atoms with Crippen molar-refractivity contribution < 1.29 is 0 Å². The fourth-order valence-corrected chi connectivity index (χ4v) is 2.07. The normalized spacial score (nSPS) is 27.8. The Morgan fingerprint density at radius 2 is 1.25 bits per heavy atom. The smallest absolute Gasteiger partial charge is 0.00993 e. The van der Waals surface area contributed by atoms with Crippen molar-refractivity contribution in [2.75, 3.05) is 0 Å². The quantitative estimate of drug-likeness (QED) is 0.630. The summed E-state index contributed by atoms with van der Waals surface area (Å²) >= 11 is 0. The van der Waals surface area contributed by atoms with E-state index in [0.717, 1.165) is 12.8 Å². The molecule has 2 aliphatic carbocycles. The van der Waals surface area contributed by atoms with Crippen LogP contribution in [0, 0.1) is 0 Å². The first-order valence-electron chi connectivity index (χ1n) is 5.62. The first kappa shape index (κ1) is 10.7. The minimum Gasteiger partial charge on any atom is -0.0990 e. The van der Waals surface area contributed by atoms with Gasteiger partial charge < -0.3 is 0 Å². The molecule has 0 aromatic heterocycles. The summed E-state index contributed by atoms with van der Waals surface area (Å²) < 4.78 is 0. The zero-order chi connectivity index (χ0) is 11.4. The van der Waals surface area contributed by atoms with Crippen LogP contribution in [0.1, 0.15) is 12.8 Å². The molecule has 0 amide bonds. The summed E-state index contributed by atoms with van der Waals surface area (Å²) in [4.78, 5) is 0. The van der Waals surface area contributed by atoms with Crippen LogP contribution in [0.15, 0.2) is 84.1 Å². The maximum atomic E-state index is 3.76. The second-order valence-electron chi connectivity index (χ2n) is 3.84. The lowest BCUT2D eigenvalue weighted by Gasteiger charge is -2.28. The highest BCUT2D eigenvalue weighted by Gasteiger charge is 2.24. The molecule has 0 unspecified atom stereocenters. The molecule has 0 aliphatic heterocycles. The van der Waals surface area contributed by atoms with Gasteiger partial charge in [0.1, 0.15) is 0 Å². The van der Waals surface area contributed by atoms with Crippen LogP contribution < -0.4 is 0 Å². The standard InChI is InChI=1S/C16H16/c1-3-9-13-14(10-4-2)16-12-8-6-5-7-11-15(13)16/h3-4,7-12H,1-2,5-6H2/b11-7-,12-8-,13-9+,14-10+. The molecule has 0 saturated heterocycles. The average Bonchev–Trinajstić information content (AvgIpc) is 2.26. The summed E-state index contributed by atoms with van der Waals surface area (Å²) in [6.07, 6.45) is 19.0. The van der Waals surface area contributed by atoms with Crippen LogP contribution >= 0.6 is 0 Å². The maximum Gasteiger partial charge on any atom is -0.00993 e. The van der Waals surface area contributed by atoms with Crippen LogP contribution in [0.5, 0.6) is 0 Å². The average molecular weight is 208 g/mol. The molecule has 0 heterocycles. The number of hydrogen-bond acceptors (Lipinski definition) is 0. The SMILES string of the molecule is C=C/C=C1C2=C(/C=C\CC/C=C\2)C/1=C/C=C. The molecule has 0 aromatic rings. The fraction of sp³-hybridized carbons (Fsp3) is 0.125. The second-order valence-corrected chi connectivity index (χ2v) is 3.84. The van der Waals surface area contributed by atoms with E-state index in [2.05, 4.69) is 49.6 Å². The van der Waals surface area contributed by atoms with E-state index in [-0.39, 0.29) is 0 Å². The number of hydrogen-bond donors (Lipinski definition) is 0. The van der Waals surface area contributed by atoms with Crippen LogP contribution in [0.3, 0.4) is 0 Å². The molecular formula is C16H16. The number of allylic oxidation sites excluding steroid dienone is 12. The van der Waals surface area contributed by atoms with Gasteiger partial charge in [0.05, 0.1) is 0 Å². The van der Waals surface area contributed by atoms with Crippen LogP contribution in [-0.4, -0.2) is 0 Å². The van der Waals surface area contributed by atoms with E-state index in [1.165, 1.54) is 22.3 Å². The molecule has 0 atom stereocenters. The lowest BCUT2D eigenvalue weighted by molar-refractivity contribution is 1.03. The Morgan fingerprint density at radius 1 is 0.812 bits per heavy atom. The third-order valence-corrected chi connectivity index (χ3v) is 2.80. The summed E-state index contributed by atoms with van der Waals surface area (Å²) in [5.74, 6) is 0. The van der Waals surface area contributed by atoms with Crippen LogP contribution in [0.4, 0.5) is 0 Å². The van der Waals surface area contributed by atoms with Gasteiger partial charge in [-0.05, 0) is 35.1 Å². The fourth-order valence-electron chi connectivity index (χ4n) is 2.07. The van der Waals surface area contributed by atoms with Gasteiger partial charge in [-0.25, -0.2) is 0 Å². The van der Waals surface area contributed by atoms with Gasteiger partial charge in [-0.3, -0.25) is 0 Å². The topological polar surface area (TPSA) is 0 Å². The minimum atomic E-state index is 1.12. The molecule has 0 nitrogen and oxygen atoms in total. The van der Waals surface area contributed by atoms with Crippen molar-refractivity contribution in [3.8, 4) is 0 Å². The van der Waals surface area contributed by atoms with Crippen molar-refractivity contribution in [2.24, 2.45) is 0 Å². The Labute approximate surface area is 97.4 Å². The Balaban J connectivity index is 2.51. The third-order valence-electron chi connectivity index (χ3n) is 2.80. The first-order valence-corrected chi connectivity index (χ1v) is 5.62. The van der Waals surface area contributed by atoms with Gasteiger partial charge in [0.2, 0.25) is 0 Å². The lowest BCUT2D eigenvalue weighted by atomic mass is 9.76. The van der Waals surface area contributed by atoms with E-state index in [4.69, 9.17) is 0 Å². The molecule has 2 rings (SSSR count). The molecule has 2 aliphatic rings. The van der Waals surface area contributed by atoms with Crippen molar-refractivity contribution in [1.29, 1.82) is 0 Å². The lowest BCUT2D eigenvalue weighted by Crippen LogP contribution is -2.10. The molecule has 0 N–H and O–H groups in total. The highest BCUT2D eigenvalue weighted by molar-refractivity contribution is 5.77. The van der Waals surface area contributed by atoms with E-state index in [1.807, 2.05) is 12.2 Å². The van der Waals surface area contributed by atoms with Gasteiger partial charge in [-0.2, -0.15) is 0 Å². The maximum absolute atomic E-state index is 3.76. The summed E-state index contributed by atoms with van der Waals surface area (Å²) in [6, 6.07) is 0. The van der Waals surface area contributed by atoms with E-state index in [0.29, 0.717) is 0 Å². The summed E-state index contributed by atoms with van der Waals surface area (Å²) in [7, 11) is 0. The highest BCUT2D eigenvalue weighted by Crippen LogP contribution is 2.42. The van der Waals surface area contributed by atoms with E-state index in [9.17, 15) is 0 Å². The van der Waals surface area contributed by atoms with E-state index in [1.54, 1.807) is 0 Å². The van der Waals surface area contributed by atoms with Gasteiger partial charge in [-0.15, -0.1) is 0 Å². The molecule has 0 bridgehead atoms. The molecule has 0 heteroatoms. The summed E-state index contributed by atoms with van der Waals surface area (Å²) in [5.41, 5.74) is 5.19. The Bertz CT molecular complexity index is 418. The largest absolute Gasteiger partial charge is 0.0990 e. The summed E-state index contributed by atoms with van der Waals surface area (Å²) in [6.45, 7) is 7.53. The number of rotatable bonds is 2. The molecular weight excluding hydrogens is 192 g/mol. The predicted octanol–water partition coefficient (Wildman–Crippen LogP) is 4.43. The zero-order valence-corrected chi connectivity index (χ0v) is 9.45. The third kappa shape index (κ3) is 1.79. The molecule has 16 heavy (non-hydrogen) atoms. The van der Waals surface area contributed by atoms with Gasteiger partial charge in [0, 0.05) is 0 Å². The molecule has 0 radical (unpaired) electrons. The van der Waals surface area contributed by atoms with Crippen molar-refractivity contribution in [2.45, 2.75) is 12.8 Å². The Hall–Kier alpha value is -1.82.